The number of benzene rings is 1. The van der Waals surface area contributed by atoms with E-state index in [0.717, 1.165) is 32.5 Å². The highest BCUT2D eigenvalue weighted by atomic mass is 35.5. The first kappa shape index (κ1) is 22.5. The summed E-state index contributed by atoms with van der Waals surface area (Å²) >= 11 is 0. The number of piperidine rings is 1. The quantitative estimate of drug-likeness (QED) is 0.830. The lowest BCUT2D eigenvalue weighted by molar-refractivity contribution is -0.139. The van der Waals surface area contributed by atoms with Gasteiger partial charge in [0, 0.05) is 43.3 Å². The molecule has 0 spiro atoms. The van der Waals surface area contributed by atoms with Crippen LogP contribution in [-0.4, -0.2) is 66.0 Å². The van der Waals surface area contributed by atoms with Crippen LogP contribution < -0.4 is 10.1 Å². The lowest BCUT2D eigenvalue weighted by Gasteiger charge is -2.39. The fourth-order valence-corrected chi connectivity index (χ4v) is 4.13. The van der Waals surface area contributed by atoms with Crippen molar-refractivity contribution in [2.75, 3.05) is 26.2 Å². The van der Waals surface area contributed by atoms with Crippen LogP contribution in [0.25, 0.3) is 0 Å². The van der Waals surface area contributed by atoms with Gasteiger partial charge in [0.2, 0.25) is 0 Å². The summed E-state index contributed by atoms with van der Waals surface area (Å²) in [6.07, 6.45) is 3.28. The molecule has 0 radical (unpaired) electrons. The summed E-state index contributed by atoms with van der Waals surface area (Å²) in [5.74, 6) is 0.692. The van der Waals surface area contributed by atoms with Crippen LogP contribution in [0, 0.1) is 0 Å². The Morgan fingerprint density at radius 3 is 2.32 bits per heavy atom. The van der Waals surface area contributed by atoms with Gasteiger partial charge in [0.05, 0.1) is 0 Å². The van der Waals surface area contributed by atoms with E-state index in [4.69, 9.17) is 4.74 Å². The molecule has 2 amide bonds. The van der Waals surface area contributed by atoms with Gasteiger partial charge in [-0.3, -0.25) is 9.59 Å². The van der Waals surface area contributed by atoms with Gasteiger partial charge in [0.1, 0.15) is 5.75 Å². The molecule has 2 aliphatic heterocycles. The van der Waals surface area contributed by atoms with Crippen LogP contribution in [0.15, 0.2) is 24.3 Å². The third-order valence-electron chi connectivity index (χ3n) is 5.71. The number of carbonyl (C=O) groups excluding carboxylic acids is 2. The van der Waals surface area contributed by atoms with Crippen LogP contribution in [-0.2, 0) is 4.79 Å². The Hall–Kier alpha value is -1.79. The highest BCUT2D eigenvalue weighted by Gasteiger charge is 2.29. The number of rotatable bonds is 4. The van der Waals surface area contributed by atoms with Gasteiger partial charge in [-0.15, -0.1) is 12.4 Å². The third kappa shape index (κ3) is 5.17. The lowest BCUT2D eigenvalue weighted by Crippen LogP contribution is -2.52. The summed E-state index contributed by atoms with van der Waals surface area (Å²) in [5.41, 5.74) is 0.653. The van der Waals surface area contributed by atoms with E-state index < -0.39 is 0 Å². The maximum Gasteiger partial charge on any atom is 0.260 e. The van der Waals surface area contributed by atoms with Crippen LogP contribution in [0.3, 0.4) is 0 Å². The molecule has 3 atom stereocenters. The minimum absolute atomic E-state index is 0. The number of halogens is 1. The van der Waals surface area contributed by atoms with E-state index in [9.17, 15) is 9.59 Å². The first-order valence-electron chi connectivity index (χ1n) is 10.0. The molecule has 156 valence electrons. The van der Waals surface area contributed by atoms with Crippen LogP contribution in [0.4, 0.5) is 0 Å². The second-order valence-electron chi connectivity index (χ2n) is 7.79. The van der Waals surface area contributed by atoms with E-state index in [1.165, 1.54) is 6.42 Å². The number of piperazine rings is 1. The molecule has 1 aromatic carbocycles. The molecule has 6 nitrogen and oxygen atoms in total. The Bertz CT molecular complexity index is 657. The largest absolute Gasteiger partial charge is 0.484 e. The lowest BCUT2D eigenvalue weighted by atomic mass is 9.97. The minimum atomic E-state index is 0. The maximum absolute atomic E-state index is 12.7. The van der Waals surface area contributed by atoms with Crippen LogP contribution in [0.2, 0.25) is 0 Å². The Labute approximate surface area is 174 Å². The second kappa shape index (κ2) is 10.1. The summed E-state index contributed by atoms with van der Waals surface area (Å²) in [7, 11) is 0. The smallest absolute Gasteiger partial charge is 0.260 e. The van der Waals surface area contributed by atoms with Crippen molar-refractivity contribution in [3.05, 3.63) is 29.8 Å². The number of amides is 2. The predicted octanol–water partition coefficient (Wildman–Crippen LogP) is 2.71. The number of nitrogens with one attached hydrogen (secondary N) is 1. The fraction of sp³-hybridized carbons (Fsp3) is 0.619. The van der Waals surface area contributed by atoms with Gasteiger partial charge >= 0.3 is 0 Å². The number of ether oxygens (including phenoxy) is 1. The van der Waals surface area contributed by atoms with E-state index >= 15 is 0 Å². The van der Waals surface area contributed by atoms with Crippen molar-refractivity contribution in [3.8, 4) is 5.75 Å². The topological polar surface area (TPSA) is 61.9 Å². The third-order valence-corrected chi connectivity index (χ3v) is 5.71. The molecule has 2 unspecified atom stereocenters. The van der Waals surface area contributed by atoms with Gasteiger partial charge in [-0.25, -0.2) is 0 Å². The number of likely N-dealkylation sites (tertiary alicyclic amines) is 1. The van der Waals surface area contributed by atoms with Gasteiger partial charge in [0.15, 0.2) is 6.61 Å². The molecular weight excluding hydrogens is 378 g/mol. The van der Waals surface area contributed by atoms with Crippen LogP contribution >= 0.6 is 12.4 Å². The Balaban J connectivity index is 0.00000280. The molecule has 0 aromatic heterocycles. The van der Waals surface area contributed by atoms with Crippen molar-refractivity contribution < 1.29 is 14.3 Å². The highest BCUT2D eigenvalue weighted by molar-refractivity contribution is 5.94. The molecule has 2 aliphatic rings. The number of carbonyl (C=O) groups is 2. The normalized spacial score (nSPS) is 25.0. The Kier molecular flexibility index (Phi) is 8.13. The SMILES string of the molecule is CC1CCCC(C)N1C(=O)COc1ccc(C(=O)N2CCNC[C@H]2C)cc1.Cl. The van der Waals surface area contributed by atoms with Crippen molar-refractivity contribution in [2.45, 2.75) is 58.2 Å². The summed E-state index contributed by atoms with van der Waals surface area (Å²) in [6.45, 7) is 8.66. The monoisotopic (exact) mass is 409 g/mol. The minimum Gasteiger partial charge on any atom is -0.484 e. The molecule has 2 fully saturated rings. The first-order valence-corrected chi connectivity index (χ1v) is 10.0. The molecule has 0 aliphatic carbocycles. The van der Waals surface area contributed by atoms with Crippen molar-refractivity contribution in [1.29, 1.82) is 0 Å². The average molecular weight is 410 g/mol. The van der Waals surface area contributed by atoms with Crippen LogP contribution in [0.5, 0.6) is 5.75 Å². The zero-order valence-corrected chi connectivity index (χ0v) is 17.8. The number of hydrogen-bond acceptors (Lipinski definition) is 4. The van der Waals surface area contributed by atoms with Gasteiger partial charge < -0.3 is 19.9 Å². The van der Waals surface area contributed by atoms with Crippen molar-refractivity contribution in [3.63, 3.8) is 0 Å². The van der Waals surface area contributed by atoms with Gasteiger partial charge in [-0.05, 0) is 64.3 Å². The predicted molar refractivity (Wildman–Crippen MR) is 112 cm³/mol. The average Bonchev–Trinajstić information content (AvgIpc) is 2.66. The summed E-state index contributed by atoms with van der Waals surface area (Å²) in [4.78, 5) is 29.1. The summed E-state index contributed by atoms with van der Waals surface area (Å²) in [6, 6.07) is 7.84. The summed E-state index contributed by atoms with van der Waals surface area (Å²) < 4.78 is 5.69. The molecule has 28 heavy (non-hydrogen) atoms. The zero-order chi connectivity index (χ0) is 19.4. The molecule has 0 bridgehead atoms. The van der Waals surface area contributed by atoms with Gasteiger partial charge in [-0.2, -0.15) is 0 Å². The second-order valence-corrected chi connectivity index (χ2v) is 7.79. The Morgan fingerprint density at radius 1 is 1.07 bits per heavy atom. The van der Waals surface area contributed by atoms with E-state index in [2.05, 4.69) is 26.1 Å². The Morgan fingerprint density at radius 2 is 1.71 bits per heavy atom. The standard InChI is InChI=1S/C21H31N3O3.ClH/c1-15-5-4-6-16(2)24(15)20(25)14-27-19-9-7-18(8-10-19)21(26)23-12-11-22-13-17(23)3;/h7-10,15-17,22H,4-6,11-14H2,1-3H3;1H/t15?,16?,17-;/m1./s1. The van der Waals surface area contributed by atoms with Crippen molar-refractivity contribution in [2.24, 2.45) is 0 Å². The fourth-order valence-electron chi connectivity index (χ4n) is 4.13. The molecule has 1 aromatic rings. The molecule has 3 rings (SSSR count). The zero-order valence-electron chi connectivity index (χ0n) is 17.0. The first-order chi connectivity index (χ1) is 13.0. The molecule has 2 heterocycles. The van der Waals surface area contributed by atoms with E-state index in [-0.39, 0.29) is 49.0 Å². The van der Waals surface area contributed by atoms with Crippen molar-refractivity contribution >= 4 is 24.2 Å². The molecule has 7 heteroatoms. The van der Waals surface area contributed by atoms with E-state index in [1.54, 1.807) is 24.3 Å². The summed E-state index contributed by atoms with van der Waals surface area (Å²) in [5, 5.41) is 3.29. The maximum atomic E-state index is 12.7. The van der Waals surface area contributed by atoms with E-state index in [1.807, 2.05) is 9.80 Å². The molecule has 2 saturated heterocycles. The van der Waals surface area contributed by atoms with Crippen molar-refractivity contribution in [1.82, 2.24) is 15.1 Å². The van der Waals surface area contributed by atoms with Gasteiger partial charge in [-0.1, -0.05) is 0 Å². The highest BCUT2D eigenvalue weighted by Crippen LogP contribution is 2.23. The van der Waals surface area contributed by atoms with Gasteiger partial charge in [0.25, 0.3) is 11.8 Å². The molecule has 0 saturated carbocycles. The van der Waals surface area contributed by atoms with Crippen LogP contribution in [0.1, 0.15) is 50.4 Å². The van der Waals surface area contributed by atoms with E-state index in [0.29, 0.717) is 11.3 Å². The molecule has 1 N–H and O–H groups in total. The number of nitrogens with zero attached hydrogens (tertiary/aromatic N) is 2. The number of hydrogen-bond donors (Lipinski definition) is 1. The molecular formula is C21H32ClN3O3.